The Morgan fingerprint density at radius 3 is 2.74 bits per heavy atom. The van der Waals surface area contributed by atoms with Gasteiger partial charge in [0.15, 0.2) is 0 Å². The van der Waals surface area contributed by atoms with Gasteiger partial charge in [-0.15, -0.1) is 0 Å². The highest BCUT2D eigenvalue weighted by atomic mass is 79.9. The van der Waals surface area contributed by atoms with E-state index in [0.717, 1.165) is 15.6 Å². The molecule has 1 unspecified atom stereocenters. The molecule has 19 heavy (non-hydrogen) atoms. The largest absolute Gasteiger partial charge is 0.398 e. The van der Waals surface area contributed by atoms with Crippen molar-refractivity contribution in [2.75, 3.05) is 5.73 Å². The number of hydrogen-bond donors (Lipinski definition) is 2. The zero-order chi connectivity index (χ0) is 14.0. The number of hydrogen-bond acceptors (Lipinski definition) is 2. The zero-order valence-corrected chi connectivity index (χ0v) is 12.1. The van der Waals surface area contributed by atoms with Crippen LogP contribution in [0.1, 0.15) is 22.8 Å². The molecular formula is C15H15BrFNO. The number of aliphatic hydroxyl groups excluding tert-OH is 1. The Labute approximate surface area is 120 Å². The van der Waals surface area contributed by atoms with Crippen LogP contribution in [-0.2, 0) is 6.42 Å². The smallest absolute Gasteiger partial charge is 0.123 e. The normalized spacial score (nSPS) is 12.4. The minimum Gasteiger partial charge on any atom is -0.398 e. The summed E-state index contributed by atoms with van der Waals surface area (Å²) in [5.74, 6) is -0.296. The molecule has 0 aromatic heterocycles. The highest BCUT2D eigenvalue weighted by molar-refractivity contribution is 9.10. The molecule has 0 aliphatic rings. The molecule has 0 aliphatic carbocycles. The van der Waals surface area contributed by atoms with E-state index in [4.69, 9.17) is 5.73 Å². The zero-order valence-electron chi connectivity index (χ0n) is 10.5. The van der Waals surface area contributed by atoms with Crippen LogP contribution in [-0.4, -0.2) is 5.11 Å². The van der Waals surface area contributed by atoms with Crippen LogP contribution in [0.3, 0.4) is 0 Å². The van der Waals surface area contributed by atoms with Gasteiger partial charge in [-0.3, -0.25) is 0 Å². The third-order valence-electron chi connectivity index (χ3n) is 3.13. The Morgan fingerprint density at radius 1 is 1.26 bits per heavy atom. The number of rotatable bonds is 3. The number of anilines is 1. The summed E-state index contributed by atoms with van der Waals surface area (Å²) in [7, 11) is 0. The second kappa shape index (κ2) is 5.72. The molecule has 0 saturated carbocycles. The molecule has 0 spiro atoms. The van der Waals surface area contributed by atoms with Crippen LogP contribution in [0.25, 0.3) is 0 Å². The van der Waals surface area contributed by atoms with Crippen molar-refractivity contribution in [1.29, 1.82) is 0 Å². The predicted octanol–water partition coefficient (Wildman–Crippen LogP) is 3.75. The number of nitrogen functional groups attached to an aromatic ring is 1. The molecule has 0 saturated heterocycles. The summed E-state index contributed by atoms with van der Waals surface area (Å²) in [6.45, 7) is 1.89. The van der Waals surface area contributed by atoms with Crippen LogP contribution in [0.4, 0.5) is 10.1 Å². The maximum Gasteiger partial charge on any atom is 0.123 e. The second-order valence-corrected chi connectivity index (χ2v) is 5.48. The molecular weight excluding hydrogens is 309 g/mol. The maximum atomic E-state index is 13.2. The second-order valence-electron chi connectivity index (χ2n) is 4.56. The van der Waals surface area contributed by atoms with Crippen molar-refractivity contribution in [2.45, 2.75) is 19.4 Å². The van der Waals surface area contributed by atoms with Crippen molar-refractivity contribution in [3.05, 3.63) is 63.4 Å². The molecule has 2 aromatic carbocycles. The molecule has 2 rings (SSSR count). The van der Waals surface area contributed by atoms with Crippen molar-refractivity contribution in [3.8, 4) is 0 Å². The van der Waals surface area contributed by atoms with Crippen molar-refractivity contribution < 1.29 is 9.50 Å². The van der Waals surface area contributed by atoms with Gasteiger partial charge in [-0.2, -0.15) is 0 Å². The lowest BCUT2D eigenvalue weighted by Crippen LogP contribution is -2.06. The van der Waals surface area contributed by atoms with E-state index in [-0.39, 0.29) is 5.82 Å². The average Bonchev–Trinajstić information content (AvgIpc) is 2.36. The molecule has 0 heterocycles. The van der Waals surface area contributed by atoms with E-state index in [0.29, 0.717) is 17.7 Å². The van der Waals surface area contributed by atoms with Gasteiger partial charge in [-0.05, 0) is 48.4 Å². The summed E-state index contributed by atoms with van der Waals surface area (Å²) in [4.78, 5) is 0. The Bertz CT molecular complexity index is 601. The fourth-order valence-corrected chi connectivity index (χ4v) is 2.39. The molecule has 0 aliphatic heterocycles. The first-order valence-corrected chi connectivity index (χ1v) is 6.74. The molecule has 0 amide bonds. The van der Waals surface area contributed by atoms with Crippen LogP contribution >= 0.6 is 15.9 Å². The van der Waals surface area contributed by atoms with Crippen molar-refractivity contribution in [2.24, 2.45) is 0 Å². The number of aryl methyl sites for hydroxylation is 1. The average molecular weight is 324 g/mol. The minimum atomic E-state index is -0.752. The van der Waals surface area contributed by atoms with Crippen LogP contribution in [0.5, 0.6) is 0 Å². The van der Waals surface area contributed by atoms with Crippen LogP contribution in [0.15, 0.2) is 40.9 Å². The van der Waals surface area contributed by atoms with Crippen LogP contribution in [0, 0.1) is 12.7 Å². The number of halogens is 2. The highest BCUT2D eigenvalue weighted by Gasteiger charge is 2.14. The third kappa shape index (κ3) is 3.33. The first kappa shape index (κ1) is 14.0. The monoisotopic (exact) mass is 323 g/mol. The van der Waals surface area contributed by atoms with Gasteiger partial charge in [-0.25, -0.2) is 4.39 Å². The van der Waals surface area contributed by atoms with Gasteiger partial charge in [0.05, 0.1) is 6.10 Å². The summed E-state index contributed by atoms with van der Waals surface area (Å²) in [6, 6.07) is 9.92. The van der Waals surface area contributed by atoms with Gasteiger partial charge in [-0.1, -0.05) is 22.0 Å². The van der Waals surface area contributed by atoms with E-state index in [1.807, 2.05) is 13.0 Å². The van der Waals surface area contributed by atoms with Gasteiger partial charge in [0.1, 0.15) is 5.82 Å². The molecule has 1 atom stereocenters. The molecule has 100 valence electrons. The van der Waals surface area contributed by atoms with E-state index < -0.39 is 6.10 Å². The number of benzene rings is 2. The quantitative estimate of drug-likeness (QED) is 0.845. The van der Waals surface area contributed by atoms with Crippen molar-refractivity contribution >= 4 is 21.6 Å². The highest BCUT2D eigenvalue weighted by Crippen LogP contribution is 2.28. The lowest BCUT2D eigenvalue weighted by molar-refractivity contribution is 0.179. The molecule has 3 N–H and O–H groups in total. The molecule has 0 radical (unpaired) electrons. The van der Waals surface area contributed by atoms with E-state index in [9.17, 15) is 9.50 Å². The summed E-state index contributed by atoms with van der Waals surface area (Å²) in [5, 5.41) is 10.3. The molecule has 0 bridgehead atoms. The Morgan fingerprint density at radius 2 is 2.00 bits per heavy atom. The summed E-state index contributed by atoms with van der Waals surface area (Å²) in [6.07, 6.45) is -0.414. The van der Waals surface area contributed by atoms with E-state index >= 15 is 0 Å². The first-order valence-electron chi connectivity index (χ1n) is 5.95. The van der Waals surface area contributed by atoms with Crippen molar-refractivity contribution in [1.82, 2.24) is 0 Å². The third-order valence-corrected chi connectivity index (χ3v) is 3.63. The van der Waals surface area contributed by atoms with E-state index in [1.54, 1.807) is 18.2 Å². The molecule has 0 fully saturated rings. The molecule has 4 heteroatoms. The van der Waals surface area contributed by atoms with Gasteiger partial charge in [0.2, 0.25) is 0 Å². The van der Waals surface area contributed by atoms with Gasteiger partial charge in [0, 0.05) is 22.1 Å². The Balaban J connectivity index is 2.27. The SMILES string of the molecule is Cc1ccc(F)cc1CC(O)c1cc(Br)ccc1N. The van der Waals surface area contributed by atoms with E-state index in [2.05, 4.69) is 15.9 Å². The summed E-state index contributed by atoms with van der Waals surface area (Å²) in [5.41, 5.74) is 8.78. The van der Waals surface area contributed by atoms with E-state index in [1.165, 1.54) is 12.1 Å². The van der Waals surface area contributed by atoms with Gasteiger partial charge < -0.3 is 10.8 Å². The molecule has 2 aromatic rings. The summed E-state index contributed by atoms with van der Waals surface area (Å²) >= 11 is 3.35. The standard InChI is InChI=1S/C15H15BrFNO/c1-9-2-4-12(17)6-10(9)7-15(19)13-8-11(16)3-5-14(13)18/h2-6,8,15,19H,7,18H2,1H3. The van der Waals surface area contributed by atoms with Gasteiger partial charge in [0.25, 0.3) is 0 Å². The maximum absolute atomic E-state index is 13.2. The lowest BCUT2D eigenvalue weighted by Gasteiger charge is -2.15. The van der Waals surface area contributed by atoms with Crippen LogP contribution in [0.2, 0.25) is 0 Å². The Kier molecular flexibility index (Phi) is 4.22. The fourth-order valence-electron chi connectivity index (χ4n) is 2.01. The molecule has 2 nitrogen and oxygen atoms in total. The number of nitrogens with two attached hydrogens (primary N) is 1. The topological polar surface area (TPSA) is 46.2 Å². The van der Waals surface area contributed by atoms with Crippen molar-refractivity contribution in [3.63, 3.8) is 0 Å². The van der Waals surface area contributed by atoms with Gasteiger partial charge >= 0.3 is 0 Å². The number of aliphatic hydroxyl groups is 1. The fraction of sp³-hybridized carbons (Fsp3) is 0.200. The lowest BCUT2D eigenvalue weighted by atomic mass is 9.97. The minimum absolute atomic E-state index is 0.296. The van der Waals surface area contributed by atoms with Crippen LogP contribution < -0.4 is 5.73 Å². The predicted molar refractivity (Wildman–Crippen MR) is 78.4 cm³/mol. The Hall–Kier alpha value is -1.39. The first-order chi connectivity index (χ1) is 8.97. The summed E-state index contributed by atoms with van der Waals surface area (Å²) < 4.78 is 14.1.